The average Bonchev–Trinajstić information content (AvgIpc) is 2.46. The van der Waals surface area contributed by atoms with Gasteiger partial charge in [0.2, 0.25) is 0 Å². The number of morpholine rings is 1. The van der Waals surface area contributed by atoms with Gasteiger partial charge in [-0.25, -0.2) is 0 Å². The first kappa shape index (κ1) is 15.6. The van der Waals surface area contributed by atoms with Gasteiger partial charge in [-0.1, -0.05) is 0 Å². The molecule has 0 radical (unpaired) electrons. The van der Waals surface area contributed by atoms with Crippen molar-refractivity contribution < 1.29 is 9.53 Å². The molecule has 0 aromatic rings. The van der Waals surface area contributed by atoms with Crippen LogP contribution in [-0.2, 0) is 9.53 Å². The molecule has 1 saturated heterocycles. The average molecular weight is 315 g/mol. The van der Waals surface area contributed by atoms with E-state index in [1.165, 1.54) is 32.1 Å². The number of carbonyl (C=O) groups excluding carboxylic acids is 1. The van der Waals surface area contributed by atoms with Crippen molar-refractivity contribution in [2.75, 3.05) is 26.7 Å². The Kier molecular flexibility index (Phi) is 4.49. The van der Waals surface area contributed by atoms with Crippen LogP contribution < -0.4 is 5.32 Å². The molecule has 4 nitrogen and oxygen atoms in total. The van der Waals surface area contributed by atoms with Crippen molar-refractivity contribution >= 4 is 18.3 Å². The Morgan fingerprint density at radius 3 is 2.24 bits per heavy atom. The van der Waals surface area contributed by atoms with Crippen LogP contribution in [0.4, 0.5) is 0 Å². The Morgan fingerprint density at radius 1 is 1.10 bits per heavy atom. The number of nitrogens with zero attached hydrogens (tertiary/aromatic N) is 1. The molecule has 21 heavy (non-hydrogen) atoms. The number of nitrogens with one attached hydrogen (secondary N) is 1. The maximum Gasteiger partial charge on any atom is 0.253 e. The van der Waals surface area contributed by atoms with Crippen LogP contribution in [-0.4, -0.2) is 49.7 Å². The Balaban J connectivity index is 0.00000132. The minimum Gasteiger partial charge on any atom is -0.366 e. The van der Waals surface area contributed by atoms with E-state index in [1.807, 2.05) is 7.05 Å². The molecule has 4 bridgehead atoms. The summed E-state index contributed by atoms with van der Waals surface area (Å²) in [5, 5.41) is 3.27. The van der Waals surface area contributed by atoms with Crippen molar-refractivity contribution in [2.45, 2.75) is 44.2 Å². The van der Waals surface area contributed by atoms with Gasteiger partial charge in [0.05, 0.1) is 6.61 Å². The quantitative estimate of drug-likeness (QED) is 0.843. The van der Waals surface area contributed by atoms with Crippen molar-refractivity contribution in [1.29, 1.82) is 0 Å². The monoisotopic (exact) mass is 314 g/mol. The molecule has 5 rings (SSSR count). The molecule has 5 fully saturated rings. The molecule has 4 aliphatic carbocycles. The SMILES string of the molecule is CN(C(=O)C1CNCCO1)C1C2CC3CC(C2)CC1C3.Cl. The fraction of sp³-hybridized carbons (Fsp3) is 0.938. The van der Waals surface area contributed by atoms with Gasteiger partial charge in [-0.15, -0.1) is 12.4 Å². The second-order valence-corrected chi connectivity index (χ2v) is 7.43. The second kappa shape index (κ2) is 6.05. The Bertz CT molecular complexity index is 370. The van der Waals surface area contributed by atoms with E-state index in [9.17, 15) is 4.79 Å². The van der Waals surface area contributed by atoms with Gasteiger partial charge in [0.1, 0.15) is 6.10 Å². The Hall–Kier alpha value is -0.320. The molecule has 0 aromatic carbocycles. The maximum atomic E-state index is 12.7. The van der Waals surface area contributed by atoms with Gasteiger partial charge in [0.15, 0.2) is 0 Å². The number of hydrogen-bond acceptors (Lipinski definition) is 3. The van der Waals surface area contributed by atoms with Crippen molar-refractivity contribution in [2.24, 2.45) is 23.7 Å². The van der Waals surface area contributed by atoms with E-state index in [1.54, 1.807) is 0 Å². The molecule has 5 heteroatoms. The zero-order valence-electron chi connectivity index (χ0n) is 12.8. The number of likely N-dealkylation sites (N-methyl/N-ethyl adjacent to an activating group) is 1. The molecule has 1 atom stereocenters. The lowest BCUT2D eigenvalue weighted by Crippen LogP contribution is -2.59. The summed E-state index contributed by atoms with van der Waals surface area (Å²) in [7, 11) is 2.02. The lowest BCUT2D eigenvalue weighted by atomic mass is 9.54. The summed E-state index contributed by atoms with van der Waals surface area (Å²) in [6.45, 7) is 2.20. The Labute approximate surface area is 133 Å². The molecule has 4 saturated carbocycles. The molecule has 1 N–H and O–H groups in total. The first-order valence-corrected chi connectivity index (χ1v) is 8.31. The van der Waals surface area contributed by atoms with E-state index in [4.69, 9.17) is 4.74 Å². The lowest BCUT2D eigenvalue weighted by Gasteiger charge is -2.56. The number of halogens is 1. The predicted octanol–water partition coefficient (Wildman–Crippen LogP) is 1.68. The van der Waals surface area contributed by atoms with Gasteiger partial charge in [0.25, 0.3) is 5.91 Å². The summed E-state index contributed by atoms with van der Waals surface area (Å²) in [5.74, 6) is 3.65. The highest BCUT2D eigenvalue weighted by Crippen LogP contribution is 2.55. The van der Waals surface area contributed by atoms with Gasteiger partial charge >= 0.3 is 0 Å². The summed E-state index contributed by atoms with van der Waals surface area (Å²) in [6.07, 6.45) is 6.65. The molecule has 0 spiro atoms. The molecule has 1 aliphatic heterocycles. The summed E-state index contributed by atoms with van der Waals surface area (Å²) in [5.41, 5.74) is 0. The van der Waals surface area contributed by atoms with Crippen LogP contribution in [0.25, 0.3) is 0 Å². The lowest BCUT2D eigenvalue weighted by molar-refractivity contribution is -0.154. The van der Waals surface area contributed by atoms with Gasteiger partial charge < -0.3 is 15.0 Å². The van der Waals surface area contributed by atoms with Gasteiger partial charge in [-0.3, -0.25) is 4.79 Å². The van der Waals surface area contributed by atoms with Crippen LogP contribution in [0.1, 0.15) is 32.1 Å². The van der Waals surface area contributed by atoms with E-state index >= 15 is 0 Å². The normalized spacial score (nSPS) is 44.2. The van der Waals surface area contributed by atoms with Crippen LogP contribution >= 0.6 is 12.4 Å². The van der Waals surface area contributed by atoms with E-state index in [0.29, 0.717) is 19.2 Å². The van der Waals surface area contributed by atoms with Gasteiger partial charge in [-0.2, -0.15) is 0 Å². The molecule has 1 amide bonds. The van der Waals surface area contributed by atoms with Gasteiger partial charge in [-0.05, 0) is 55.8 Å². The number of ether oxygens (including phenoxy) is 1. The molecular weight excluding hydrogens is 288 g/mol. The van der Waals surface area contributed by atoms with E-state index in [-0.39, 0.29) is 24.4 Å². The number of hydrogen-bond donors (Lipinski definition) is 1. The van der Waals surface area contributed by atoms with Crippen LogP contribution in [0.15, 0.2) is 0 Å². The zero-order chi connectivity index (χ0) is 13.7. The summed E-state index contributed by atoms with van der Waals surface area (Å²) in [6, 6.07) is 0.487. The molecule has 5 aliphatic rings. The minimum absolute atomic E-state index is 0. The minimum atomic E-state index is -0.258. The molecule has 0 aromatic heterocycles. The zero-order valence-corrected chi connectivity index (χ0v) is 13.6. The standard InChI is InChI=1S/C16H26N2O2.ClH/c1-18(16(19)14-9-17-2-3-20-14)15-12-5-10-4-11(7-12)8-13(15)6-10;/h10-15,17H,2-9H2,1H3;1H. The predicted molar refractivity (Wildman–Crippen MR) is 83.5 cm³/mol. The number of carbonyl (C=O) groups is 1. The number of rotatable bonds is 2. The topological polar surface area (TPSA) is 41.6 Å². The van der Waals surface area contributed by atoms with Crippen molar-refractivity contribution in [3.8, 4) is 0 Å². The Morgan fingerprint density at radius 2 is 1.71 bits per heavy atom. The first-order valence-electron chi connectivity index (χ1n) is 8.31. The van der Waals surface area contributed by atoms with Crippen LogP contribution in [0.3, 0.4) is 0 Å². The van der Waals surface area contributed by atoms with Crippen LogP contribution in [0.2, 0.25) is 0 Å². The second-order valence-electron chi connectivity index (χ2n) is 7.43. The van der Waals surface area contributed by atoms with Crippen LogP contribution in [0.5, 0.6) is 0 Å². The highest BCUT2D eigenvalue weighted by Gasteiger charge is 2.50. The van der Waals surface area contributed by atoms with E-state index < -0.39 is 0 Å². The third-order valence-electron chi connectivity index (χ3n) is 6.17. The fourth-order valence-electron chi connectivity index (χ4n) is 5.63. The summed E-state index contributed by atoms with van der Waals surface area (Å²) >= 11 is 0. The highest BCUT2D eigenvalue weighted by molar-refractivity contribution is 5.85. The van der Waals surface area contributed by atoms with Crippen molar-refractivity contribution in [1.82, 2.24) is 10.2 Å². The smallest absolute Gasteiger partial charge is 0.253 e. The highest BCUT2D eigenvalue weighted by atomic mass is 35.5. The van der Waals surface area contributed by atoms with Gasteiger partial charge in [0, 0.05) is 26.2 Å². The molecular formula is C16H27ClN2O2. The summed E-state index contributed by atoms with van der Waals surface area (Å²) in [4.78, 5) is 14.7. The molecule has 1 unspecified atom stereocenters. The first-order chi connectivity index (χ1) is 9.72. The van der Waals surface area contributed by atoms with E-state index in [2.05, 4.69) is 10.2 Å². The summed E-state index contributed by atoms with van der Waals surface area (Å²) < 4.78 is 5.65. The van der Waals surface area contributed by atoms with Crippen molar-refractivity contribution in [3.63, 3.8) is 0 Å². The third kappa shape index (κ3) is 2.71. The number of amides is 1. The largest absolute Gasteiger partial charge is 0.366 e. The van der Waals surface area contributed by atoms with Crippen LogP contribution in [0, 0.1) is 23.7 Å². The third-order valence-corrected chi connectivity index (χ3v) is 6.17. The fourth-order valence-corrected chi connectivity index (χ4v) is 5.63. The van der Waals surface area contributed by atoms with Crippen molar-refractivity contribution in [3.05, 3.63) is 0 Å². The molecule has 120 valence electrons. The van der Waals surface area contributed by atoms with E-state index in [0.717, 1.165) is 30.2 Å². The molecule has 1 heterocycles. The maximum absolute atomic E-state index is 12.7.